The quantitative estimate of drug-likeness (QED) is 0.811. The molecule has 2 rings (SSSR count). The normalized spacial score (nSPS) is 24.6. The van der Waals surface area contributed by atoms with Crippen molar-refractivity contribution in [2.24, 2.45) is 11.7 Å². The first-order valence-electron chi connectivity index (χ1n) is 6.46. The molecule has 1 aromatic heterocycles. The summed E-state index contributed by atoms with van der Waals surface area (Å²) in [6.07, 6.45) is 0.842. The summed E-state index contributed by atoms with van der Waals surface area (Å²) in [5.41, 5.74) is 5.95. The number of rotatable bonds is 2. The Morgan fingerprint density at radius 1 is 1.56 bits per heavy atom. The second-order valence-electron chi connectivity index (χ2n) is 5.38. The number of carbonyl (C=O) groups is 1. The van der Waals surface area contributed by atoms with E-state index in [9.17, 15) is 4.79 Å². The topological polar surface area (TPSA) is 87.9 Å². The molecule has 1 saturated heterocycles. The third-order valence-corrected chi connectivity index (χ3v) is 3.50. The molecule has 2 unspecified atom stereocenters. The molecule has 2 atom stereocenters. The van der Waals surface area contributed by atoms with E-state index < -0.39 is 0 Å². The highest BCUT2D eigenvalue weighted by molar-refractivity contribution is 5.90. The van der Waals surface area contributed by atoms with Gasteiger partial charge in [-0.15, -0.1) is 5.10 Å². The predicted octanol–water partition coefficient (Wildman–Crippen LogP) is 0.737. The van der Waals surface area contributed by atoms with Crippen LogP contribution in [0.15, 0.2) is 0 Å². The molecule has 1 amide bonds. The summed E-state index contributed by atoms with van der Waals surface area (Å²) in [5.74, 6) is 1.48. The van der Waals surface area contributed by atoms with E-state index in [1.54, 1.807) is 4.90 Å². The van der Waals surface area contributed by atoms with Gasteiger partial charge in [-0.2, -0.15) is 0 Å². The van der Waals surface area contributed by atoms with E-state index in [4.69, 9.17) is 5.73 Å². The number of hydrogen-bond donors (Lipinski definition) is 2. The molecule has 3 N–H and O–H groups in total. The van der Waals surface area contributed by atoms with Crippen LogP contribution in [0.5, 0.6) is 0 Å². The van der Waals surface area contributed by atoms with Crippen molar-refractivity contribution in [2.45, 2.75) is 39.2 Å². The lowest BCUT2D eigenvalue weighted by Gasteiger charge is -2.34. The van der Waals surface area contributed by atoms with E-state index >= 15 is 0 Å². The van der Waals surface area contributed by atoms with Crippen LogP contribution in [-0.2, 0) is 0 Å². The van der Waals surface area contributed by atoms with E-state index in [0.29, 0.717) is 19.0 Å². The molecule has 0 aromatic carbocycles. The fourth-order valence-electron chi connectivity index (χ4n) is 2.12. The number of aromatic amines is 1. The smallest absolute Gasteiger partial charge is 0.293 e. The van der Waals surface area contributed by atoms with E-state index in [2.05, 4.69) is 22.1 Å². The van der Waals surface area contributed by atoms with Crippen LogP contribution >= 0.6 is 0 Å². The third-order valence-electron chi connectivity index (χ3n) is 3.50. The third kappa shape index (κ3) is 2.53. The molecule has 100 valence electrons. The molecule has 0 aliphatic carbocycles. The molecule has 0 spiro atoms. The number of nitrogens with one attached hydrogen (secondary N) is 1. The van der Waals surface area contributed by atoms with E-state index in [0.717, 1.165) is 12.2 Å². The highest BCUT2D eigenvalue weighted by Gasteiger charge is 2.28. The van der Waals surface area contributed by atoms with Crippen molar-refractivity contribution in [3.63, 3.8) is 0 Å². The monoisotopic (exact) mass is 251 g/mol. The molecule has 2 heterocycles. The van der Waals surface area contributed by atoms with Crippen LogP contribution < -0.4 is 5.73 Å². The van der Waals surface area contributed by atoms with Crippen molar-refractivity contribution in [3.8, 4) is 0 Å². The summed E-state index contributed by atoms with van der Waals surface area (Å²) < 4.78 is 0. The van der Waals surface area contributed by atoms with Gasteiger partial charge in [0.2, 0.25) is 5.82 Å². The van der Waals surface area contributed by atoms with Gasteiger partial charge in [0.15, 0.2) is 0 Å². The van der Waals surface area contributed by atoms with Crippen molar-refractivity contribution in [3.05, 3.63) is 11.6 Å². The Morgan fingerprint density at radius 3 is 2.83 bits per heavy atom. The second kappa shape index (κ2) is 5.06. The Bertz CT molecular complexity index is 428. The number of nitrogens with two attached hydrogens (primary N) is 1. The van der Waals surface area contributed by atoms with Gasteiger partial charge in [0.05, 0.1) is 0 Å². The van der Waals surface area contributed by atoms with Gasteiger partial charge in [-0.05, 0) is 12.3 Å². The molecule has 6 nitrogen and oxygen atoms in total. The van der Waals surface area contributed by atoms with Gasteiger partial charge in [-0.1, -0.05) is 20.8 Å². The summed E-state index contributed by atoms with van der Waals surface area (Å²) in [7, 11) is 0. The van der Waals surface area contributed by atoms with E-state index in [1.165, 1.54) is 0 Å². The molecular weight excluding hydrogens is 230 g/mol. The SMILES string of the molecule is CC(C)c1nc(C(=O)N2CCC(N)C(C)C2)n[nH]1. The fraction of sp³-hybridized carbons (Fsp3) is 0.750. The van der Waals surface area contributed by atoms with Crippen molar-refractivity contribution in [1.82, 2.24) is 20.1 Å². The number of nitrogens with zero attached hydrogens (tertiary/aromatic N) is 3. The Labute approximate surface area is 107 Å². The zero-order valence-corrected chi connectivity index (χ0v) is 11.2. The minimum absolute atomic E-state index is 0.100. The molecule has 1 aliphatic rings. The second-order valence-corrected chi connectivity index (χ2v) is 5.38. The number of aromatic nitrogens is 3. The molecule has 0 bridgehead atoms. The summed E-state index contributed by atoms with van der Waals surface area (Å²) in [6.45, 7) is 7.47. The van der Waals surface area contributed by atoms with Crippen LogP contribution in [0.3, 0.4) is 0 Å². The molecule has 1 fully saturated rings. The van der Waals surface area contributed by atoms with Gasteiger partial charge in [0, 0.05) is 25.0 Å². The lowest BCUT2D eigenvalue weighted by atomic mass is 9.95. The standard InChI is InChI=1S/C12H21N5O/c1-7(2)10-14-11(16-15-10)12(18)17-5-4-9(13)8(3)6-17/h7-9H,4-6,13H2,1-3H3,(H,14,15,16). The van der Waals surface area contributed by atoms with Gasteiger partial charge in [-0.3, -0.25) is 9.89 Å². The number of likely N-dealkylation sites (tertiary alicyclic amines) is 1. The van der Waals surface area contributed by atoms with Gasteiger partial charge >= 0.3 is 0 Å². The number of amides is 1. The molecule has 6 heteroatoms. The van der Waals surface area contributed by atoms with Gasteiger partial charge in [0.25, 0.3) is 5.91 Å². The van der Waals surface area contributed by atoms with Crippen LogP contribution in [0.2, 0.25) is 0 Å². The van der Waals surface area contributed by atoms with Gasteiger partial charge in [-0.25, -0.2) is 4.98 Å². The first-order chi connectivity index (χ1) is 8.49. The molecule has 1 aliphatic heterocycles. The van der Waals surface area contributed by atoms with Crippen molar-refractivity contribution < 1.29 is 4.79 Å². The zero-order chi connectivity index (χ0) is 13.3. The maximum Gasteiger partial charge on any atom is 0.293 e. The summed E-state index contributed by atoms with van der Waals surface area (Å²) in [4.78, 5) is 18.3. The zero-order valence-electron chi connectivity index (χ0n) is 11.2. The Balaban J connectivity index is 2.06. The minimum Gasteiger partial charge on any atom is -0.335 e. The van der Waals surface area contributed by atoms with E-state index in [1.807, 2.05) is 13.8 Å². The van der Waals surface area contributed by atoms with Crippen LogP contribution in [0.25, 0.3) is 0 Å². The largest absolute Gasteiger partial charge is 0.335 e. The molecular formula is C12H21N5O. The van der Waals surface area contributed by atoms with Crippen LogP contribution in [-0.4, -0.2) is 45.1 Å². The number of piperidine rings is 1. The van der Waals surface area contributed by atoms with Gasteiger partial charge in [0.1, 0.15) is 5.82 Å². The van der Waals surface area contributed by atoms with Crippen molar-refractivity contribution >= 4 is 5.91 Å². The Morgan fingerprint density at radius 2 is 2.28 bits per heavy atom. The minimum atomic E-state index is -0.100. The number of H-pyrrole nitrogens is 1. The molecule has 1 aromatic rings. The first-order valence-corrected chi connectivity index (χ1v) is 6.46. The molecule has 0 radical (unpaired) electrons. The highest BCUT2D eigenvalue weighted by atomic mass is 16.2. The maximum atomic E-state index is 12.2. The summed E-state index contributed by atoms with van der Waals surface area (Å²) in [6, 6.07) is 0.187. The molecule has 18 heavy (non-hydrogen) atoms. The van der Waals surface area contributed by atoms with Crippen LogP contribution in [0.1, 0.15) is 49.6 Å². The average molecular weight is 251 g/mol. The lowest BCUT2D eigenvalue weighted by Crippen LogP contribution is -2.48. The van der Waals surface area contributed by atoms with Crippen LogP contribution in [0.4, 0.5) is 0 Å². The lowest BCUT2D eigenvalue weighted by molar-refractivity contribution is 0.0652. The Kier molecular flexibility index (Phi) is 3.65. The predicted molar refractivity (Wildman–Crippen MR) is 68.1 cm³/mol. The maximum absolute atomic E-state index is 12.2. The molecule has 0 saturated carbocycles. The van der Waals surface area contributed by atoms with E-state index in [-0.39, 0.29) is 23.7 Å². The fourth-order valence-corrected chi connectivity index (χ4v) is 2.12. The van der Waals surface area contributed by atoms with Crippen molar-refractivity contribution in [1.29, 1.82) is 0 Å². The van der Waals surface area contributed by atoms with Crippen LogP contribution in [0, 0.1) is 5.92 Å². The highest BCUT2D eigenvalue weighted by Crippen LogP contribution is 2.17. The van der Waals surface area contributed by atoms with Gasteiger partial charge < -0.3 is 10.6 Å². The Hall–Kier alpha value is -1.43. The summed E-state index contributed by atoms with van der Waals surface area (Å²) >= 11 is 0. The summed E-state index contributed by atoms with van der Waals surface area (Å²) in [5, 5.41) is 6.81. The number of carbonyl (C=O) groups excluding carboxylic acids is 1. The average Bonchev–Trinajstić information content (AvgIpc) is 2.81. The first kappa shape index (κ1) is 13.0. The van der Waals surface area contributed by atoms with Crippen molar-refractivity contribution in [2.75, 3.05) is 13.1 Å². The number of hydrogen-bond acceptors (Lipinski definition) is 4.